The minimum absolute atomic E-state index is 0.0490. The third-order valence-electron chi connectivity index (χ3n) is 4.90. The van der Waals surface area contributed by atoms with Crippen LogP contribution >= 0.6 is 35.6 Å². The third kappa shape index (κ3) is 6.55. The number of hydrogen-bond acceptors (Lipinski definition) is 4. The topological polar surface area (TPSA) is 29.5 Å². The van der Waals surface area contributed by atoms with Crippen molar-refractivity contribution in [2.24, 2.45) is 0 Å². The van der Waals surface area contributed by atoms with E-state index in [0.717, 1.165) is 17.7 Å². The van der Waals surface area contributed by atoms with E-state index < -0.39 is 5.82 Å². The normalized spacial score (nSPS) is 15.2. The molecule has 3 nitrogen and oxygen atoms in total. The van der Waals surface area contributed by atoms with Crippen molar-refractivity contribution >= 4 is 57.6 Å². The Kier molecular flexibility index (Phi) is 8.93. The first-order valence-electron chi connectivity index (χ1n) is 10.5. The largest absolute Gasteiger partial charge is 0.494 e. The molecular formula is C24H25ClFNO2S2. The number of anilines is 1. The van der Waals surface area contributed by atoms with Gasteiger partial charge >= 0.3 is 0 Å². The summed E-state index contributed by atoms with van der Waals surface area (Å²) in [4.78, 5) is 14.7. The fourth-order valence-corrected chi connectivity index (χ4v) is 4.67. The predicted octanol–water partition coefficient (Wildman–Crippen LogP) is 7.62. The molecule has 0 saturated carbocycles. The van der Waals surface area contributed by atoms with Crippen molar-refractivity contribution < 1.29 is 13.9 Å². The van der Waals surface area contributed by atoms with Gasteiger partial charge in [0.05, 0.1) is 22.2 Å². The number of hydrogen-bond donors (Lipinski definition) is 0. The SMILES string of the molecule is CCCCCCCCOc1ccc(C=C2SC(=S)N(c3ccc(F)c(Cl)c3)C2=O)cc1. The minimum atomic E-state index is -0.537. The number of thioether (sulfide) groups is 1. The number of carbonyl (C=O) groups is 1. The maximum atomic E-state index is 13.4. The van der Waals surface area contributed by atoms with Gasteiger partial charge in [-0.2, -0.15) is 0 Å². The Hall–Kier alpha value is -1.89. The van der Waals surface area contributed by atoms with Crippen LogP contribution < -0.4 is 9.64 Å². The number of carbonyl (C=O) groups excluding carboxylic acids is 1. The van der Waals surface area contributed by atoms with Crippen LogP contribution in [0, 0.1) is 5.82 Å². The predicted molar refractivity (Wildman–Crippen MR) is 132 cm³/mol. The Morgan fingerprint density at radius 3 is 2.52 bits per heavy atom. The highest BCUT2D eigenvalue weighted by Gasteiger charge is 2.33. The van der Waals surface area contributed by atoms with Gasteiger partial charge in [-0.05, 0) is 48.4 Å². The summed E-state index contributed by atoms with van der Waals surface area (Å²) in [7, 11) is 0. The lowest BCUT2D eigenvalue weighted by Crippen LogP contribution is -2.27. The fourth-order valence-electron chi connectivity index (χ4n) is 3.20. The van der Waals surface area contributed by atoms with Gasteiger partial charge in [-0.25, -0.2) is 4.39 Å². The lowest BCUT2D eigenvalue weighted by atomic mass is 10.1. The van der Waals surface area contributed by atoms with Crippen molar-refractivity contribution in [1.82, 2.24) is 0 Å². The molecule has 2 aromatic rings. The molecule has 31 heavy (non-hydrogen) atoms. The maximum Gasteiger partial charge on any atom is 0.270 e. The van der Waals surface area contributed by atoms with Crippen LogP contribution in [-0.4, -0.2) is 16.8 Å². The van der Waals surface area contributed by atoms with Gasteiger partial charge < -0.3 is 4.74 Å². The quantitative estimate of drug-likeness (QED) is 0.200. The van der Waals surface area contributed by atoms with Crippen LogP contribution in [0.15, 0.2) is 47.4 Å². The number of amides is 1. The van der Waals surface area contributed by atoms with Gasteiger partial charge in [0.2, 0.25) is 0 Å². The van der Waals surface area contributed by atoms with Crippen LogP contribution in [0.2, 0.25) is 5.02 Å². The van der Waals surface area contributed by atoms with Gasteiger partial charge in [0.1, 0.15) is 11.6 Å². The summed E-state index contributed by atoms with van der Waals surface area (Å²) >= 11 is 12.4. The molecule has 164 valence electrons. The Bertz CT molecular complexity index is 963. The van der Waals surface area contributed by atoms with Gasteiger partial charge in [0.15, 0.2) is 4.32 Å². The monoisotopic (exact) mass is 477 g/mol. The molecule has 1 fully saturated rings. The van der Waals surface area contributed by atoms with E-state index in [0.29, 0.717) is 21.5 Å². The molecule has 2 aromatic carbocycles. The highest BCUT2D eigenvalue weighted by atomic mass is 35.5. The summed E-state index contributed by atoms with van der Waals surface area (Å²) in [5.74, 6) is 0.0329. The van der Waals surface area contributed by atoms with Crippen LogP contribution in [0.4, 0.5) is 10.1 Å². The van der Waals surface area contributed by atoms with E-state index in [-0.39, 0.29) is 10.9 Å². The van der Waals surface area contributed by atoms with E-state index >= 15 is 0 Å². The summed E-state index contributed by atoms with van der Waals surface area (Å²) in [5.41, 5.74) is 1.33. The number of unbranched alkanes of at least 4 members (excludes halogenated alkanes) is 5. The molecule has 0 aromatic heterocycles. The van der Waals surface area contributed by atoms with Gasteiger partial charge in [-0.15, -0.1) is 0 Å². The summed E-state index contributed by atoms with van der Waals surface area (Å²) in [5, 5.41) is -0.0490. The van der Waals surface area contributed by atoms with E-state index in [1.54, 1.807) is 6.08 Å². The van der Waals surface area contributed by atoms with Crippen molar-refractivity contribution in [2.45, 2.75) is 45.4 Å². The van der Waals surface area contributed by atoms with Crippen molar-refractivity contribution in [3.05, 3.63) is 63.8 Å². The minimum Gasteiger partial charge on any atom is -0.494 e. The van der Waals surface area contributed by atoms with Crippen LogP contribution in [0.5, 0.6) is 5.75 Å². The molecular weight excluding hydrogens is 453 g/mol. The van der Waals surface area contributed by atoms with Crippen molar-refractivity contribution in [2.75, 3.05) is 11.5 Å². The smallest absolute Gasteiger partial charge is 0.270 e. The van der Waals surface area contributed by atoms with Gasteiger partial charge in [-0.1, -0.05) is 86.7 Å². The van der Waals surface area contributed by atoms with Crippen molar-refractivity contribution in [1.29, 1.82) is 0 Å². The summed E-state index contributed by atoms with van der Waals surface area (Å²) < 4.78 is 19.6. The Balaban J connectivity index is 1.57. The lowest BCUT2D eigenvalue weighted by molar-refractivity contribution is -0.113. The molecule has 1 heterocycles. The summed E-state index contributed by atoms with van der Waals surface area (Å²) in [6.45, 7) is 2.93. The second-order valence-electron chi connectivity index (χ2n) is 7.30. The third-order valence-corrected chi connectivity index (χ3v) is 6.49. The second-order valence-corrected chi connectivity index (χ2v) is 9.38. The Morgan fingerprint density at radius 2 is 1.81 bits per heavy atom. The Labute approximate surface area is 197 Å². The van der Waals surface area contributed by atoms with Crippen LogP contribution in [0.25, 0.3) is 6.08 Å². The van der Waals surface area contributed by atoms with Gasteiger partial charge in [0.25, 0.3) is 5.91 Å². The van der Waals surface area contributed by atoms with Gasteiger partial charge in [0, 0.05) is 0 Å². The highest BCUT2D eigenvalue weighted by molar-refractivity contribution is 8.27. The molecule has 1 aliphatic rings. The zero-order chi connectivity index (χ0) is 22.2. The molecule has 0 aliphatic carbocycles. The molecule has 0 unspecified atom stereocenters. The first kappa shape index (κ1) is 23.8. The highest BCUT2D eigenvalue weighted by Crippen LogP contribution is 2.37. The van der Waals surface area contributed by atoms with Crippen molar-refractivity contribution in [3.8, 4) is 5.75 Å². The summed E-state index contributed by atoms with van der Waals surface area (Å²) in [6.07, 6.45) is 9.17. The number of ether oxygens (including phenoxy) is 1. The lowest BCUT2D eigenvalue weighted by Gasteiger charge is -2.14. The number of thiocarbonyl (C=S) groups is 1. The average molecular weight is 478 g/mol. The number of benzene rings is 2. The molecule has 0 radical (unpaired) electrons. The molecule has 0 N–H and O–H groups in total. The molecule has 0 atom stereocenters. The standard InChI is InChI=1S/C24H25ClFNO2S2/c1-2-3-4-5-6-7-14-29-19-11-8-17(9-12-19)15-22-23(28)27(24(30)31-22)18-10-13-21(26)20(25)16-18/h8-13,15-16H,2-7,14H2,1H3. The number of rotatable bonds is 10. The maximum absolute atomic E-state index is 13.4. The van der Waals surface area contributed by atoms with E-state index in [2.05, 4.69) is 6.92 Å². The molecule has 0 spiro atoms. The van der Waals surface area contributed by atoms with E-state index in [9.17, 15) is 9.18 Å². The van der Waals surface area contributed by atoms with E-state index in [1.807, 2.05) is 24.3 Å². The van der Waals surface area contributed by atoms with Crippen molar-refractivity contribution in [3.63, 3.8) is 0 Å². The molecule has 1 amide bonds. The second kappa shape index (κ2) is 11.7. The molecule has 0 bridgehead atoms. The number of nitrogens with zero attached hydrogens (tertiary/aromatic N) is 1. The van der Waals surface area contributed by atoms with Crippen LogP contribution in [0.1, 0.15) is 51.0 Å². The summed E-state index contributed by atoms with van der Waals surface area (Å²) in [6, 6.07) is 11.8. The first-order valence-corrected chi connectivity index (χ1v) is 12.1. The average Bonchev–Trinajstić information content (AvgIpc) is 3.03. The van der Waals surface area contributed by atoms with Crippen LogP contribution in [0.3, 0.4) is 0 Å². The zero-order valence-corrected chi connectivity index (χ0v) is 19.8. The fraction of sp³-hybridized carbons (Fsp3) is 0.333. The number of halogens is 2. The molecule has 3 rings (SSSR count). The first-order chi connectivity index (χ1) is 15.0. The van der Waals surface area contributed by atoms with E-state index in [1.165, 1.54) is 67.0 Å². The zero-order valence-electron chi connectivity index (χ0n) is 17.4. The molecule has 1 saturated heterocycles. The van der Waals surface area contributed by atoms with E-state index in [4.69, 9.17) is 28.6 Å². The molecule has 7 heteroatoms. The van der Waals surface area contributed by atoms with Gasteiger partial charge in [-0.3, -0.25) is 9.69 Å². The van der Waals surface area contributed by atoms with Crippen LogP contribution in [-0.2, 0) is 4.79 Å². The molecule has 1 aliphatic heterocycles. The Morgan fingerprint density at radius 1 is 1.10 bits per heavy atom.